The van der Waals surface area contributed by atoms with Crippen molar-refractivity contribution in [1.29, 1.82) is 0 Å². The summed E-state index contributed by atoms with van der Waals surface area (Å²) < 4.78 is 5.82. The lowest BCUT2D eigenvalue weighted by atomic mass is 10.0. The summed E-state index contributed by atoms with van der Waals surface area (Å²) in [5.74, 6) is -0.307. The third kappa shape index (κ3) is 4.02. The minimum Gasteiger partial charge on any atom is -0.516 e. The fourth-order valence-corrected chi connectivity index (χ4v) is 2.86. The van der Waals surface area contributed by atoms with Crippen LogP contribution < -0.4 is 0 Å². The van der Waals surface area contributed by atoms with Crippen LogP contribution in [0.25, 0.3) is 11.1 Å². The molecule has 0 aliphatic rings. The topological polar surface area (TPSA) is 46.5 Å². The number of phenols is 1. The van der Waals surface area contributed by atoms with Crippen molar-refractivity contribution in [2.45, 2.75) is 38.9 Å². The van der Waals surface area contributed by atoms with Crippen LogP contribution in [0.1, 0.15) is 31.1 Å². The number of hydrogen-bond donors (Lipinski definition) is 1. The lowest BCUT2D eigenvalue weighted by molar-refractivity contribution is 0.0712. The van der Waals surface area contributed by atoms with Gasteiger partial charge in [-0.25, -0.2) is 4.79 Å². The smallest absolute Gasteiger partial charge is 0.324 e. The number of carbonyl (C=O) groups is 1. The molecule has 23 heavy (non-hydrogen) atoms. The molecule has 0 saturated heterocycles. The first kappa shape index (κ1) is 17.3. The molecule has 1 N–H and O–H groups in total. The van der Waals surface area contributed by atoms with Crippen LogP contribution >= 0.6 is 0 Å². The van der Waals surface area contributed by atoms with E-state index in [2.05, 4.69) is 20.8 Å². The standard InChI is InChI=1S/C19H24O3Si/c1-19(2,3)23(4,5)22-18(21)16-11-15(12-17(20)13-16)14-9-7-6-8-10-14/h6-13,20H,1-5H3. The largest absolute Gasteiger partial charge is 0.516 e. The Bertz CT molecular complexity index is 700. The summed E-state index contributed by atoms with van der Waals surface area (Å²) in [7, 11) is -2.20. The number of phenolic OH excluding ortho intramolecular Hbond substituents is 1. The van der Waals surface area contributed by atoms with Gasteiger partial charge in [0.15, 0.2) is 0 Å². The van der Waals surface area contributed by atoms with Crippen molar-refractivity contribution >= 4 is 14.3 Å². The summed E-state index contributed by atoms with van der Waals surface area (Å²) in [5.41, 5.74) is 2.13. The fraction of sp³-hybridized carbons (Fsp3) is 0.316. The first-order valence-corrected chi connectivity index (χ1v) is 10.6. The molecule has 0 heterocycles. The zero-order valence-corrected chi connectivity index (χ0v) is 15.4. The lowest BCUT2D eigenvalue weighted by Gasteiger charge is -2.35. The second kappa shape index (κ2) is 6.20. The Balaban J connectivity index is 2.34. The highest BCUT2D eigenvalue weighted by molar-refractivity contribution is 6.75. The molecule has 0 unspecified atom stereocenters. The van der Waals surface area contributed by atoms with Crippen molar-refractivity contribution in [3.63, 3.8) is 0 Å². The van der Waals surface area contributed by atoms with Gasteiger partial charge in [0, 0.05) is 0 Å². The van der Waals surface area contributed by atoms with Crippen LogP contribution in [-0.4, -0.2) is 19.4 Å². The van der Waals surface area contributed by atoms with Gasteiger partial charge in [-0.3, -0.25) is 0 Å². The van der Waals surface area contributed by atoms with Crippen molar-refractivity contribution in [2.24, 2.45) is 0 Å². The molecule has 2 aromatic rings. The Hall–Kier alpha value is -2.07. The summed E-state index contributed by atoms with van der Waals surface area (Å²) in [5, 5.41) is 9.91. The van der Waals surface area contributed by atoms with Gasteiger partial charge < -0.3 is 9.53 Å². The van der Waals surface area contributed by atoms with Crippen LogP contribution in [0.3, 0.4) is 0 Å². The molecule has 0 aromatic heterocycles. The summed E-state index contributed by atoms with van der Waals surface area (Å²) in [6.07, 6.45) is 0. The highest BCUT2D eigenvalue weighted by Gasteiger charge is 2.40. The van der Waals surface area contributed by atoms with E-state index < -0.39 is 8.32 Å². The molecule has 4 heteroatoms. The highest BCUT2D eigenvalue weighted by atomic mass is 28.4. The van der Waals surface area contributed by atoms with Crippen molar-refractivity contribution < 1.29 is 14.3 Å². The molecular formula is C19H24O3Si. The van der Waals surface area contributed by atoms with E-state index >= 15 is 0 Å². The van der Waals surface area contributed by atoms with E-state index in [9.17, 15) is 9.90 Å². The minimum atomic E-state index is -2.20. The Kier molecular flexibility index (Phi) is 4.66. The molecule has 0 radical (unpaired) electrons. The van der Waals surface area contributed by atoms with Crippen molar-refractivity contribution in [3.05, 3.63) is 54.1 Å². The maximum atomic E-state index is 12.5. The molecular weight excluding hydrogens is 304 g/mol. The number of benzene rings is 2. The van der Waals surface area contributed by atoms with Gasteiger partial charge in [0.05, 0.1) is 5.56 Å². The third-order valence-electron chi connectivity index (χ3n) is 4.41. The van der Waals surface area contributed by atoms with Crippen LogP contribution in [0.15, 0.2) is 48.5 Å². The lowest BCUT2D eigenvalue weighted by Crippen LogP contribution is -2.42. The summed E-state index contributed by atoms with van der Waals surface area (Å²) in [4.78, 5) is 12.5. The molecule has 0 fully saturated rings. The molecule has 0 atom stereocenters. The van der Waals surface area contributed by atoms with E-state index in [1.54, 1.807) is 12.1 Å². The van der Waals surface area contributed by atoms with Gasteiger partial charge in [-0.05, 0) is 47.5 Å². The second-order valence-corrected chi connectivity index (χ2v) is 12.0. The van der Waals surface area contributed by atoms with Crippen LogP contribution in [0.4, 0.5) is 0 Å². The Labute approximate surface area is 139 Å². The molecule has 122 valence electrons. The van der Waals surface area contributed by atoms with E-state index in [1.807, 2.05) is 43.4 Å². The summed E-state index contributed by atoms with van der Waals surface area (Å²) >= 11 is 0. The van der Waals surface area contributed by atoms with E-state index in [-0.39, 0.29) is 16.8 Å². The Morgan fingerprint density at radius 2 is 1.61 bits per heavy atom. The van der Waals surface area contributed by atoms with E-state index in [0.717, 1.165) is 11.1 Å². The quantitative estimate of drug-likeness (QED) is 0.786. The normalized spacial score (nSPS) is 12.0. The Morgan fingerprint density at radius 3 is 2.17 bits per heavy atom. The minimum absolute atomic E-state index is 0.0538. The summed E-state index contributed by atoms with van der Waals surface area (Å²) in [6.45, 7) is 10.3. The van der Waals surface area contributed by atoms with Crippen molar-refractivity contribution in [2.75, 3.05) is 0 Å². The number of carbonyl (C=O) groups excluding carboxylic acids is 1. The average Bonchev–Trinajstić information content (AvgIpc) is 2.46. The molecule has 0 aliphatic heterocycles. The highest BCUT2D eigenvalue weighted by Crippen LogP contribution is 2.37. The predicted octanol–water partition coefficient (Wildman–Crippen LogP) is 5.22. The zero-order valence-electron chi connectivity index (χ0n) is 14.4. The van der Waals surface area contributed by atoms with Crippen LogP contribution in [0, 0.1) is 0 Å². The maximum absolute atomic E-state index is 12.5. The molecule has 3 nitrogen and oxygen atoms in total. The summed E-state index contributed by atoms with van der Waals surface area (Å²) in [6, 6.07) is 14.5. The fourth-order valence-electron chi connectivity index (χ4n) is 1.97. The van der Waals surface area contributed by atoms with E-state index in [1.165, 1.54) is 6.07 Å². The first-order valence-electron chi connectivity index (χ1n) is 7.73. The first-order chi connectivity index (χ1) is 10.6. The zero-order chi connectivity index (χ0) is 17.3. The van der Waals surface area contributed by atoms with Crippen LogP contribution in [0.2, 0.25) is 18.1 Å². The SMILES string of the molecule is CC(C)(C)[Si](C)(C)OC(=O)c1cc(O)cc(-c2ccccc2)c1. The van der Waals surface area contributed by atoms with Gasteiger partial charge in [0.1, 0.15) is 5.75 Å². The van der Waals surface area contributed by atoms with Gasteiger partial charge in [-0.15, -0.1) is 0 Å². The van der Waals surface area contributed by atoms with Gasteiger partial charge in [0.2, 0.25) is 0 Å². The third-order valence-corrected chi connectivity index (χ3v) is 8.72. The van der Waals surface area contributed by atoms with E-state index in [4.69, 9.17) is 4.43 Å². The molecule has 0 spiro atoms. The van der Waals surface area contributed by atoms with Crippen LogP contribution in [-0.2, 0) is 4.43 Å². The van der Waals surface area contributed by atoms with Gasteiger partial charge in [0.25, 0.3) is 8.32 Å². The van der Waals surface area contributed by atoms with Gasteiger partial charge in [-0.2, -0.15) is 0 Å². The molecule has 0 aliphatic carbocycles. The molecule has 0 bridgehead atoms. The molecule has 2 rings (SSSR count). The molecule has 2 aromatic carbocycles. The predicted molar refractivity (Wildman–Crippen MR) is 96.2 cm³/mol. The molecule has 0 amide bonds. The van der Waals surface area contributed by atoms with Gasteiger partial charge in [-0.1, -0.05) is 51.1 Å². The van der Waals surface area contributed by atoms with Gasteiger partial charge >= 0.3 is 5.97 Å². The number of aromatic hydroxyl groups is 1. The monoisotopic (exact) mass is 328 g/mol. The van der Waals surface area contributed by atoms with Crippen molar-refractivity contribution in [3.8, 4) is 16.9 Å². The van der Waals surface area contributed by atoms with Crippen molar-refractivity contribution in [1.82, 2.24) is 0 Å². The number of hydrogen-bond acceptors (Lipinski definition) is 3. The Morgan fingerprint density at radius 1 is 1.00 bits per heavy atom. The molecule has 0 saturated carbocycles. The maximum Gasteiger partial charge on any atom is 0.324 e. The second-order valence-electron chi connectivity index (χ2n) is 7.28. The van der Waals surface area contributed by atoms with Crippen LogP contribution in [0.5, 0.6) is 5.75 Å². The average molecular weight is 328 g/mol. The number of rotatable bonds is 3. The van der Waals surface area contributed by atoms with E-state index in [0.29, 0.717) is 5.56 Å².